The molecule has 1 aliphatic carbocycles. The molecule has 0 bridgehead atoms. The number of nitrogens with zero attached hydrogens (tertiary/aromatic N) is 2. The van der Waals surface area contributed by atoms with E-state index >= 15 is 0 Å². The van der Waals surface area contributed by atoms with Crippen molar-refractivity contribution in [3.8, 4) is 0 Å². The van der Waals surface area contributed by atoms with E-state index in [1.807, 2.05) is 12.1 Å². The summed E-state index contributed by atoms with van der Waals surface area (Å²) in [6.07, 6.45) is 2.79. The Labute approximate surface area is 178 Å². The van der Waals surface area contributed by atoms with Crippen molar-refractivity contribution in [1.29, 1.82) is 0 Å². The van der Waals surface area contributed by atoms with Crippen molar-refractivity contribution < 1.29 is 14.3 Å². The van der Waals surface area contributed by atoms with Gasteiger partial charge < -0.3 is 9.64 Å². The van der Waals surface area contributed by atoms with Gasteiger partial charge in [0.25, 0.3) is 0 Å². The Kier molecular flexibility index (Phi) is 4.92. The van der Waals surface area contributed by atoms with Gasteiger partial charge in [0.05, 0.1) is 12.1 Å². The SMILES string of the molecule is O=C1OCc2cc(CCN3CCN(C4Cc5ccc(Br)cc5C4)C(=O)C3)ccc21. The van der Waals surface area contributed by atoms with Crippen molar-refractivity contribution in [3.05, 3.63) is 68.7 Å². The van der Waals surface area contributed by atoms with Gasteiger partial charge in [-0.2, -0.15) is 0 Å². The van der Waals surface area contributed by atoms with Crippen LogP contribution in [-0.2, 0) is 35.4 Å². The molecule has 3 aliphatic rings. The molecule has 0 spiro atoms. The summed E-state index contributed by atoms with van der Waals surface area (Å²) in [4.78, 5) is 28.7. The Morgan fingerprint density at radius 3 is 2.72 bits per heavy atom. The van der Waals surface area contributed by atoms with Crippen LogP contribution < -0.4 is 0 Å². The van der Waals surface area contributed by atoms with E-state index in [1.165, 1.54) is 16.7 Å². The lowest BCUT2D eigenvalue weighted by molar-refractivity contribution is -0.138. The highest BCUT2D eigenvalue weighted by Crippen LogP contribution is 2.29. The van der Waals surface area contributed by atoms with E-state index in [1.54, 1.807) is 0 Å². The molecule has 1 atom stereocenters. The molecular formula is C23H23BrN2O3. The molecule has 0 saturated carbocycles. The minimum atomic E-state index is -0.227. The molecule has 5 rings (SSSR count). The van der Waals surface area contributed by atoms with Gasteiger partial charge >= 0.3 is 5.97 Å². The molecule has 0 aromatic heterocycles. The first-order valence-electron chi connectivity index (χ1n) is 10.1. The van der Waals surface area contributed by atoms with Gasteiger partial charge in [-0.25, -0.2) is 4.79 Å². The third kappa shape index (κ3) is 3.71. The summed E-state index contributed by atoms with van der Waals surface area (Å²) < 4.78 is 6.18. The maximum atomic E-state index is 12.8. The number of cyclic esters (lactones) is 1. The highest BCUT2D eigenvalue weighted by molar-refractivity contribution is 9.10. The zero-order valence-electron chi connectivity index (χ0n) is 16.2. The number of fused-ring (bicyclic) bond motifs is 2. The van der Waals surface area contributed by atoms with Crippen LogP contribution in [0.5, 0.6) is 0 Å². The second-order valence-corrected chi connectivity index (χ2v) is 9.07. The molecule has 2 aromatic rings. The van der Waals surface area contributed by atoms with Crippen molar-refractivity contribution in [2.75, 3.05) is 26.2 Å². The predicted molar refractivity (Wildman–Crippen MR) is 113 cm³/mol. The van der Waals surface area contributed by atoms with Crippen molar-refractivity contribution in [2.24, 2.45) is 0 Å². The number of hydrogen-bond acceptors (Lipinski definition) is 4. The molecule has 1 fully saturated rings. The van der Waals surface area contributed by atoms with Gasteiger partial charge in [-0.15, -0.1) is 0 Å². The van der Waals surface area contributed by atoms with E-state index in [0.717, 1.165) is 48.9 Å². The van der Waals surface area contributed by atoms with Gasteiger partial charge in [0.1, 0.15) is 6.61 Å². The lowest BCUT2D eigenvalue weighted by Crippen LogP contribution is -2.54. The number of carbonyl (C=O) groups is 2. The fraction of sp³-hybridized carbons (Fsp3) is 0.391. The Balaban J connectivity index is 1.16. The molecular weight excluding hydrogens is 432 g/mol. The molecule has 1 amide bonds. The zero-order chi connectivity index (χ0) is 20.0. The van der Waals surface area contributed by atoms with Crippen molar-refractivity contribution in [2.45, 2.75) is 31.9 Å². The normalized spacial score (nSPS) is 21.3. The lowest BCUT2D eigenvalue weighted by Gasteiger charge is -2.37. The minimum Gasteiger partial charge on any atom is -0.457 e. The molecule has 150 valence electrons. The van der Waals surface area contributed by atoms with Crippen LogP contribution in [0.2, 0.25) is 0 Å². The molecule has 1 unspecified atom stereocenters. The number of hydrogen-bond donors (Lipinski definition) is 0. The summed E-state index contributed by atoms with van der Waals surface area (Å²) >= 11 is 3.55. The first-order valence-corrected chi connectivity index (χ1v) is 10.9. The predicted octanol–water partition coefficient (Wildman–Crippen LogP) is 2.97. The van der Waals surface area contributed by atoms with Crippen LogP contribution in [0.1, 0.15) is 32.6 Å². The van der Waals surface area contributed by atoms with Gasteiger partial charge in [0.15, 0.2) is 0 Å². The summed E-state index contributed by atoms with van der Waals surface area (Å²) in [5.74, 6) is 0.00996. The first kappa shape index (κ1) is 18.8. The third-order valence-corrected chi connectivity index (χ3v) is 6.81. The topological polar surface area (TPSA) is 49.9 Å². The van der Waals surface area contributed by atoms with E-state index in [4.69, 9.17) is 4.74 Å². The van der Waals surface area contributed by atoms with E-state index < -0.39 is 0 Å². The van der Waals surface area contributed by atoms with Crippen LogP contribution in [0.4, 0.5) is 0 Å². The van der Waals surface area contributed by atoms with Gasteiger partial charge in [-0.1, -0.05) is 34.1 Å². The molecule has 2 aliphatic heterocycles. The van der Waals surface area contributed by atoms with Gasteiger partial charge in [0, 0.05) is 35.7 Å². The number of esters is 1. The highest BCUT2D eigenvalue weighted by Gasteiger charge is 2.33. The van der Waals surface area contributed by atoms with Gasteiger partial charge in [-0.05, 0) is 54.2 Å². The maximum absolute atomic E-state index is 12.8. The van der Waals surface area contributed by atoms with Gasteiger partial charge in [-0.3, -0.25) is 9.69 Å². The summed E-state index contributed by atoms with van der Waals surface area (Å²) in [6.45, 7) is 3.42. The van der Waals surface area contributed by atoms with Crippen molar-refractivity contribution in [1.82, 2.24) is 9.80 Å². The number of piperazine rings is 1. The smallest absolute Gasteiger partial charge is 0.338 e. The maximum Gasteiger partial charge on any atom is 0.338 e. The molecule has 5 nitrogen and oxygen atoms in total. The average Bonchev–Trinajstić information content (AvgIpc) is 3.29. The van der Waals surface area contributed by atoms with E-state index in [-0.39, 0.29) is 11.9 Å². The largest absolute Gasteiger partial charge is 0.457 e. The number of rotatable bonds is 4. The third-order valence-electron chi connectivity index (χ3n) is 6.32. The molecule has 6 heteroatoms. The fourth-order valence-corrected chi connectivity index (χ4v) is 5.13. The van der Waals surface area contributed by atoms with Gasteiger partial charge in [0.2, 0.25) is 5.91 Å². The Morgan fingerprint density at radius 2 is 1.86 bits per heavy atom. The first-order chi connectivity index (χ1) is 14.1. The van der Waals surface area contributed by atoms with Crippen molar-refractivity contribution in [3.63, 3.8) is 0 Å². The molecule has 2 aromatic carbocycles. The number of carbonyl (C=O) groups excluding carboxylic acids is 2. The van der Waals surface area contributed by atoms with Crippen LogP contribution >= 0.6 is 15.9 Å². The number of benzene rings is 2. The Bertz CT molecular complexity index is 990. The monoisotopic (exact) mass is 454 g/mol. The van der Waals surface area contributed by atoms with E-state index in [9.17, 15) is 9.59 Å². The summed E-state index contributed by atoms with van der Waals surface area (Å²) in [5.41, 5.74) is 5.57. The standard InChI is InChI=1S/C23H23BrN2O3/c24-19-3-2-16-11-20(12-17(16)10-19)26-8-7-25(13-22(26)27)6-5-15-1-4-21-18(9-15)14-29-23(21)28/h1-4,9-10,20H,5-8,11-14H2. The molecule has 0 N–H and O–H groups in total. The second kappa shape index (κ2) is 7.58. The van der Waals surface area contributed by atoms with E-state index in [2.05, 4.69) is 50.0 Å². The molecule has 0 radical (unpaired) electrons. The van der Waals surface area contributed by atoms with Crippen LogP contribution in [-0.4, -0.2) is 53.9 Å². The highest BCUT2D eigenvalue weighted by atomic mass is 79.9. The molecule has 1 saturated heterocycles. The van der Waals surface area contributed by atoms with Crippen LogP contribution in [0.3, 0.4) is 0 Å². The Hall–Kier alpha value is -2.18. The van der Waals surface area contributed by atoms with Crippen LogP contribution in [0, 0.1) is 0 Å². The lowest BCUT2D eigenvalue weighted by atomic mass is 10.0. The quantitative estimate of drug-likeness (QED) is 0.666. The number of ether oxygens (including phenoxy) is 1. The summed E-state index contributed by atoms with van der Waals surface area (Å²) in [5, 5.41) is 0. The number of halogens is 1. The number of amides is 1. The van der Waals surface area contributed by atoms with Crippen LogP contribution in [0.25, 0.3) is 0 Å². The zero-order valence-corrected chi connectivity index (χ0v) is 17.8. The minimum absolute atomic E-state index is 0.227. The summed E-state index contributed by atoms with van der Waals surface area (Å²) in [7, 11) is 0. The molecule has 29 heavy (non-hydrogen) atoms. The Morgan fingerprint density at radius 1 is 1.00 bits per heavy atom. The molecule has 2 heterocycles. The van der Waals surface area contributed by atoms with Crippen molar-refractivity contribution >= 4 is 27.8 Å². The van der Waals surface area contributed by atoms with Crippen LogP contribution in [0.15, 0.2) is 40.9 Å². The summed E-state index contributed by atoms with van der Waals surface area (Å²) in [6, 6.07) is 12.7. The van der Waals surface area contributed by atoms with E-state index in [0.29, 0.717) is 24.8 Å². The second-order valence-electron chi connectivity index (χ2n) is 8.16. The average molecular weight is 455 g/mol. The fourth-order valence-electron chi connectivity index (χ4n) is 4.73.